The molecule has 142 valence electrons. The van der Waals surface area contributed by atoms with Crippen molar-refractivity contribution in [1.82, 2.24) is 4.90 Å². The first-order valence-electron chi connectivity index (χ1n) is 8.90. The number of hydrogen-bond acceptors (Lipinski definition) is 7. The summed E-state index contributed by atoms with van der Waals surface area (Å²) < 4.78 is 15.0. The number of carbonyl (C=O) groups excluding carboxylic acids is 2. The molecule has 1 N–H and O–H groups in total. The third-order valence-electron chi connectivity index (χ3n) is 5.31. The van der Waals surface area contributed by atoms with Crippen molar-refractivity contribution in [3.8, 4) is 0 Å². The number of rotatable bonds is 5. The zero-order chi connectivity index (χ0) is 18.7. The van der Waals surface area contributed by atoms with Gasteiger partial charge in [0, 0.05) is 31.3 Å². The highest BCUT2D eigenvalue weighted by Gasteiger charge is 2.40. The number of carbonyl (C=O) groups is 2. The molecule has 2 saturated heterocycles. The van der Waals surface area contributed by atoms with Crippen LogP contribution in [0.5, 0.6) is 0 Å². The molecule has 0 amide bonds. The predicted molar refractivity (Wildman–Crippen MR) is 92.7 cm³/mol. The van der Waals surface area contributed by atoms with Crippen molar-refractivity contribution in [2.75, 3.05) is 14.2 Å². The Labute approximate surface area is 152 Å². The molecular formula is C19H25NO6. The highest BCUT2D eigenvalue weighted by atomic mass is 16.8. The summed E-state index contributed by atoms with van der Waals surface area (Å²) in [6.45, 7) is 0. The molecule has 0 aromatic heterocycles. The molecule has 7 nitrogen and oxygen atoms in total. The topological polar surface area (TPSA) is 85.3 Å². The van der Waals surface area contributed by atoms with E-state index in [9.17, 15) is 14.7 Å². The van der Waals surface area contributed by atoms with Gasteiger partial charge >= 0.3 is 12.1 Å². The maximum atomic E-state index is 12.0. The normalized spacial score (nSPS) is 26.2. The lowest BCUT2D eigenvalue weighted by molar-refractivity contribution is -0.0949. The second-order valence-corrected chi connectivity index (χ2v) is 6.98. The molecule has 0 spiro atoms. The number of benzene rings is 1. The monoisotopic (exact) mass is 363 g/mol. The largest absolute Gasteiger partial charge is 0.510 e. The third-order valence-corrected chi connectivity index (χ3v) is 5.31. The standard InChI is InChI=1S/C19H25NO6/c1-20-14-6-7-15(20)11-16(10-14)25-19(23)26-17(21)9-12-4-3-5-13(8-12)18(22)24-2/h3-5,8,14-17,21H,6-7,9-11H2,1-2H3. The van der Waals surface area contributed by atoms with E-state index in [0.717, 1.165) is 25.7 Å². The third kappa shape index (κ3) is 4.34. The van der Waals surface area contributed by atoms with Gasteiger partial charge in [-0.25, -0.2) is 9.59 Å². The highest BCUT2D eigenvalue weighted by Crippen LogP contribution is 2.35. The van der Waals surface area contributed by atoms with Crippen LogP contribution in [0.15, 0.2) is 24.3 Å². The fraction of sp³-hybridized carbons (Fsp3) is 0.579. The number of fused-ring (bicyclic) bond motifs is 2. The molecule has 2 aliphatic rings. The van der Waals surface area contributed by atoms with E-state index >= 15 is 0 Å². The Kier molecular flexibility index (Phi) is 5.78. The average Bonchev–Trinajstić information content (AvgIpc) is 2.82. The minimum absolute atomic E-state index is 0.0680. The first-order chi connectivity index (χ1) is 12.5. The number of aliphatic hydroxyl groups is 1. The Hall–Kier alpha value is -2.12. The van der Waals surface area contributed by atoms with E-state index in [0.29, 0.717) is 23.2 Å². The zero-order valence-electron chi connectivity index (χ0n) is 15.1. The lowest BCUT2D eigenvalue weighted by Crippen LogP contribution is -2.43. The van der Waals surface area contributed by atoms with Crippen molar-refractivity contribution in [2.45, 2.75) is 56.6 Å². The van der Waals surface area contributed by atoms with Gasteiger partial charge in [-0.1, -0.05) is 12.1 Å². The molecule has 0 saturated carbocycles. The summed E-state index contributed by atoms with van der Waals surface area (Å²) >= 11 is 0. The molecule has 0 aliphatic carbocycles. The van der Waals surface area contributed by atoms with Gasteiger partial charge in [-0.05, 0) is 37.6 Å². The van der Waals surface area contributed by atoms with Gasteiger partial charge in [-0.3, -0.25) is 0 Å². The van der Waals surface area contributed by atoms with Gasteiger partial charge in [0.1, 0.15) is 6.10 Å². The van der Waals surface area contributed by atoms with Crippen molar-refractivity contribution in [2.24, 2.45) is 0 Å². The van der Waals surface area contributed by atoms with Gasteiger partial charge in [0.25, 0.3) is 0 Å². The number of methoxy groups -OCH3 is 1. The number of ether oxygens (including phenoxy) is 3. The minimum Gasteiger partial charge on any atom is -0.465 e. The van der Waals surface area contributed by atoms with Crippen molar-refractivity contribution in [3.63, 3.8) is 0 Å². The zero-order valence-corrected chi connectivity index (χ0v) is 15.1. The molecule has 2 fully saturated rings. The molecule has 2 bridgehead atoms. The van der Waals surface area contributed by atoms with Gasteiger partial charge in [0.2, 0.25) is 6.29 Å². The van der Waals surface area contributed by atoms with E-state index in [4.69, 9.17) is 9.47 Å². The summed E-state index contributed by atoms with van der Waals surface area (Å²) in [7, 11) is 3.42. The van der Waals surface area contributed by atoms with Crippen LogP contribution in [0.3, 0.4) is 0 Å². The van der Waals surface area contributed by atoms with Gasteiger partial charge in [0.15, 0.2) is 0 Å². The summed E-state index contributed by atoms with van der Waals surface area (Å²) in [5.41, 5.74) is 1.03. The second kappa shape index (κ2) is 8.05. The molecule has 1 aromatic rings. The van der Waals surface area contributed by atoms with E-state index in [-0.39, 0.29) is 12.5 Å². The summed E-state index contributed by atoms with van der Waals surface area (Å²) in [6.07, 6.45) is 1.60. The van der Waals surface area contributed by atoms with Crippen LogP contribution >= 0.6 is 0 Å². The minimum atomic E-state index is -1.33. The Balaban J connectivity index is 1.48. The Bertz CT molecular complexity index is 649. The summed E-state index contributed by atoms with van der Waals surface area (Å²) in [5, 5.41) is 10.0. The molecule has 7 heteroatoms. The summed E-state index contributed by atoms with van der Waals surface area (Å²) in [5.74, 6) is -0.460. The smallest absolute Gasteiger partial charge is 0.465 e. The Morgan fingerprint density at radius 1 is 1.27 bits per heavy atom. The van der Waals surface area contributed by atoms with E-state index in [1.807, 2.05) is 0 Å². The van der Waals surface area contributed by atoms with Crippen LogP contribution < -0.4 is 0 Å². The maximum absolute atomic E-state index is 12.0. The number of piperidine rings is 1. The van der Waals surface area contributed by atoms with Crippen LogP contribution in [0.2, 0.25) is 0 Å². The molecule has 0 radical (unpaired) electrons. The lowest BCUT2D eigenvalue weighted by Gasteiger charge is -2.35. The predicted octanol–water partition coefficient (Wildman–Crippen LogP) is 2.11. The molecule has 2 aliphatic heterocycles. The van der Waals surface area contributed by atoms with E-state index < -0.39 is 18.4 Å². The fourth-order valence-electron chi connectivity index (χ4n) is 3.92. The molecule has 26 heavy (non-hydrogen) atoms. The molecule has 1 aromatic carbocycles. The SMILES string of the molecule is COC(=O)c1cccc(CC(O)OC(=O)OC2CC3CCC(C2)N3C)c1. The second-order valence-electron chi connectivity index (χ2n) is 6.98. The van der Waals surface area contributed by atoms with Gasteiger partial charge < -0.3 is 24.2 Å². The Morgan fingerprint density at radius 3 is 2.62 bits per heavy atom. The van der Waals surface area contributed by atoms with Gasteiger partial charge in [-0.2, -0.15) is 0 Å². The van der Waals surface area contributed by atoms with Crippen LogP contribution in [0.1, 0.15) is 41.6 Å². The highest BCUT2D eigenvalue weighted by molar-refractivity contribution is 5.89. The van der Waals surface area contributed by atoms with Crippen molar-refractivity contribution >= 4 is 12.1 Å². The lowest BCUT2D eigenvalue weighted by atomic mass is 10.0. The number of hydrogen-bond donors (Lipinski definition) is 1. The van der Waals surface area contributed by atoms with Crippen LogP contribution in [0.4, 0.5) is 4.79 Å². The first-order valence-corrected chi connectivity index (χ1v) is 8.90. The van der Waals surface area contributed by atoms with Crippen LogP contribution in [-0.4, -0.2) is 60.8 Å². The molecule has 3 atom stereocenters. The average molecular weight is 363 g/mol. The fourth-order valence-corrected chi connectivity index (χ4v) is 3.92. The van der Waals surface area contributed by atoms with Crippen LogP contribution in [0.25, 0.3) is 0 Å². The van der Waals surface area contributed by atoms with Crippen molar-refractivity contribution in [3.05, 3.63) is 35.4 Å². The molecular weight excluding hydrogens is 338 g/mol. The van der Waals surface area contributed by atoms with Crippen molar-refractivity contribution in [1.29, 1.82) is 0 Å². The van der Waals surface area contributed by atoms with Crippen LogP contribution in [-0.2, 0) is 20.6 Å². The molecule has 3 unspecified atom stereocenters. The van der Waals surface area contributed by atoms with Gasteiger partial charge in [-0.15, -0.1) is 0 Å². The molecule has 3 rings (SSSR count). The van der Waals surface area contributed by atoms with Crippen LogP contribution in [0, 0.1) is 0 Å². The summed E-state index contributed by atoms with van der Waals surface area (Å²) in [4.78, 5) is 25.9. The van der Waals surface area contributed by atoms with Gasteiger partial charge in [0.05, 0.1) is 12.7 Å². The van der Waals surface area contributed by atoms with E-state index in [1.165, 1.54) is 7.11 Å². The van der Waals surface area contributed by atoms with Crippen molar-refractivity contribution < 1.29 is 28.9 Å². The van der Waals surface area contributed by atoms with E-state index in [2.05, 4.69) is 16.7 Å². The quantitative estimate of drug-likeness (QED) is 0.633. The molecule has 2 heterocycles. The number of aliphatic hydroxyl groups excluding tert-OH is 1. The maximum Gasteiger partial charge on any atom is 0.510 e. The Morgan fingerprint density at radius 2 is 1.96 bits per heavy atom. The summed E-state index contributed by atoms with van der Waals surface area (Å²) in [6, 6.07) is 7.54. The number of nitrogens with zero attached hydrogens (tertiary/aromatic N) is 1. The number of esters is 1. The first kappa shape index (κ1) is 18.7. The van der Waals surface area contributed by atoms with E-state index in [1.54, 1.807) is 24.3 Å².